The third kappa shape index (κ3) is 6.62. The van der Waals surface area contributed by atoms with Gasteiger partial charge in [0.15, 0.2) is 5.96 Å². The standard InChI is InChI=1S/C18H28N4OS.HI/c1-19-18(20-9-11-24-17-7-3-2-4-8-17)21-12-16-13-22-10-5-6-15(22)14-23-16;/h2-4,7-8,15-16H,5-6,9-14H2,1H3,(H2,19,20,21);1H. The fourth-order valence-corrected chi connectivity index (χ4v) is 4.08. The van der Waals surface area contributed by atoms with E-state index in [1.54, 1.807) is 0 Å². The minimum atomic E-state index is 0. The van der Waals surface area contributed by atoms with E-state index in [9.17, 15) is 0 Å². The molecule has 5 nitrogen and oxygen atoms in total. The third-order valence-corrected chi connectivity index (χ3v) is 5.60. The van der Waals surface area contributed by atoms with Crippen molar-refractivity contribution in [2.45, 2.75) is 29.9 Å². The summed E-state index contributed by atoms with van der Waals surface area (Å²) in [5, 5.41) is 6.77. The molecule has 0 saturated carbocycles. The first kappa shape index (κ1) is 20.8. The minimum Gasteiger partial charge on any atom is -0.373 e. The van der Waals surface area contributed by atoms with Gasteiger partial charge in [-0.15, -0.1) is 35.7 Å². The zero-order valence-corrected chi connectivity index (χ0v) is 18.0. The molecule has 1 aromatic rings. The van der Waals surface area contributed by atoms with Gasteiger partial charge in [-0.2, -0.15) is 0 Å². The molecule has 0 radical (unpaired) electrons. The minimum absolute atomic E-state index is 0. The summed E-state index contributed by atoms with van der Waals surface area (Å²) < 4.78 is 5.98. The van der Waals surface area contributed by atoms with E-state index in [0.717, 1.165) is 38.0 Å². The monoisotopic (exact) mass is 476 g/mol. The maximum absolute atomic E-state index is 5.98. The molecule has 140 valence electrons. The number of hydrogen-bond donors (Lipinski definition) is 2. The Kier molecular flexibility index (Phi) is 9.36. The zero-order valence-electron chi connectivity index (χ0n) is 14.8. The van der Waals surface area contributed by atoms with Gasteiger partial charge in [0.1, 0.15) is 0 Å². The Bertz CT molecular complexity index is 531. The van der Waals surface area contributed by atoms with Crippen LogP contribution in [-0.2, 0) is 4.74 Å². The number of benzene rings is 1. The number of nitrogens with zero attached hydrogens (tertiary/aromatic N) is 2. The van der Waals surface area contributed by atoms with Crippen LogP contribution in [0.4, 0.5) is 0 Å². The molecule has 2 aliphatic heterocycles. The molecule has 2 N–H and O–H groups in total. The van der Waals surface area contributed by atoms with Crippen LogP contribution >= 0.6 is 35.7 Å². The average molecular weight is 476 g/mol. The lowest BCUT2D eigenvalue weighted by molar-refractivity contribution is -0.0453. The molecule has 0 amide bonds. The molecule has 2 heterocycles. The highest BCUT2D eigenvalue weighted by Crippen LogP contribution is 2.22. The van der Waals surface area contributed by atoms with Gasteiger partial charge in [0.25, 0.3) is 0 Å². The Morgan fingerprint density at radius 1 is 1.32 bits per heavy atom. The number of fused-ring (bicyclic) bond motifs is 1. The fourth-order valence-electron chi connectivity index (χ4n) is 3.30. The van der Waals surface area contributed by atoms with E-state index >= 15 is 0 Å². The largest absolute Gasteiger partial charge is 0.373 e. The molecule has 2 aliphatic rings. The van der Waals surface area contributed by atoms with Crippen LogP contribution in [0.5, 0.6) is 0 Å². The van der Waals surface area contributed by atoms with Crippen LogP contribution in [0, 0.1) is 0 Å². The van der Waals surface area contributed by atoms with E-state index in [1.807, 2.05) is 24.9 Å². The van der Waals surface area contributed by atoms with Gasteiger partial charge in [0, 0.05) is 43.4 Å². The Labute approximate surface area is 172 Å². The lowest BCUT2D eigenvalue weighted by Crippen LogP contribution is -2.51. The van der Waals surface area contributed by atoms with Gasteiger partial charge in [-0.25, -0.2) is 0 Å². The first-order valence-corrected chi connectivity index (χ1v) is 9.82. The van der Waals surface area contributed by atoms with Crippen LogP contribution in [0.3, 0.4) is 0 Å². The predicted octanol–water partition coefficient (Wildman–Crippen LogP) is 2.42. The van der Waals surface area contributed by atoms with Gasteiger partial charge in [-0.05, 0) is 31.5 Å². The quantitative estimate of drug-likeness (QED) is 0.217. The van der Waals surface area contributed by atoms with E-state index in [2.05, 4.69) is 44.8 Å². The van der Waals surface area contributed by atoms with Crippen molar-refractivity contribution in [3.05, 3.63) is 30.3 Å². The van der Waals surface area contributed by atoms with Crippen molar-refractivity contribution in [2.75, 3.05) is 45.6 Å². The van der Waals surface area contributed by atoms with Gasteiger partial charge >= 0.3 is 0 Å². The molecule has 7 heteroatoms. The first-order chi connectivity index (χ1) is 11.8. The van der Waals surface area contributed by atoms with Crippen molar-refractivity contribution in [3.63, 3.8) is 0 Å². The highest BCUT2D eigenvalue weighted by atomic mass is 127. The number of aliphatic imine (C=N–C) groups is 1. The first-order valence-electron chi connectivity index (χ1n) is 8.83. The molecule has 25 heavy (non-hydrogen) atoms. The maximum atomic E-state index is 5.98. The van der Waals surface area contributed by atoms with E-state index in [4.69, 9.17) is 4.74 Å². The highest BCUT2D eigenvalue weighted by Gasteiger charge is 2.32. The van der Waals surface area contributed by atoms with Crippen molar-refractivity contribution in [1.82, 2.24) is 15.5 Å². The molecule has 0 bridgehead atoms. The third-order valence-electron chi connectivity index (χ3n) is 4.59. The van der Waals surface area contributed by atoms with E-state index in [0.29, 0.717) is 6.04 Å². The number of hydrogen-bond acceptors (Lipinski definition) is 4. The molecule has 3 rings (SSSR count). The fraction of sp³-hybridized carbons (Fsp3) is 0.611. The molecule has 0 aromatic heterocycles. The molecule has 0 spiro atoms. The average Bonchev–Trinajstić information content (AvgIpc) is 3.10. The lowest BCUT2D eigenvalue weighted by Gasteiger charge is -2.35. The van der Waals surface area contributed by atoms with Crippen molar-refractivity contribution in [2.24, 2.45) is 4.99 Å². The number of halogens is 1. The normalized spacial score (nSPS) is 23.6. The number of ether oxygens (including phenoxy) is 1. The van der Waals surface area contributed by atoms with E-state index < -0.39 is 0 Å². The second kappa shape index (κ2) is 11.3. The van der Waals surface area contributed by atoms with Crippen molar-refractivity contribution < 1.29 is 4.74 Å². The Morgan fingerprint density at radius 2 is 2.16 bits per heavy atom. The molecule has 2 fully saturated rings. The van der Waals surface area contributed by atoms with Crippen LogP contribution in [0.2, 0.25) is 0 Å². The van der Waals surface area contributed by atoms with Gasteiger partial charge in [0.05, 0.1) is 12.7 Å². The molecule has 0 aliphatic carbocycles. The number of thioether (sulfide) groups is 1. The van der Waals surface area contributed by atoms with E-state index in [1.165, 1.54) is 24.3 Å². The molecule has 2 unspecified atom stereocenters. The van der Waals surface area contributed by atoms with Crippen LogP contribution in [0.15, 0.2) is 40.2 Å². The number of nitrogens with one attached hydrogen (secondary N) is 2. The summed E-state index contributed by atoms with van der Waals surface area (Å²) in [4.78, 5) is 8.18. The number of guanidine groups is 1. The van der Waals surface area contributed by atoms with Crippen molar-refractivity contribution >= 4 is 41.7 Å². The number of rotatable bonds is 6. The van der Waals surface area contributed by atoms with Crippen LogP contribution in [-0.4, -0.2) is 68.6 Å². The molecular weight excluding hydrogens is 447 g/mol. The lowest BCUT2D eigenvalue weighted by atomic mass is 10.2. The maximum Gasteiger partial charge on any atom is 0.191 e. The molecular formula is C18H29IN4OS. The summed E-state index contributed by atoms with van der Waals surface area (Å²) in [7, 11) is 1.82. The number of morpholine rings is 1. The zero-order chi connectivity index (χ0) is 16.6. The van der Waals surface area contributed by atoms with Crippen molar-refractivity contribution in [1.29, 1.82) is 0 Å². The predicted molar refractivity (Wildman–Crippen MR) is 116 cm³/mol. The second-order valence-corrected chi connectivity index (χ2v) is 7.46. The molecule has 2 saturated heterocycles. The topological polar surface area (TPSA) is 48.9 Å². The van der Waals surface area contributed by atoms with Crippen LogP contribution in [0.25, 0.3) is 0 Å². The van der Waals surface area contributed by atoms with Gasteiger partial charge in [-0.1, -0.05) is 18.2 Å². The van der Waals surface area contributed by atoms with Crippen molar-refractivity contribution in [3.8, 4) is 0 Å². The van der Waals surface area contributed by atoms with Crippen LogP contribution in [0.1, 0.15) is 12.8 Å². The summed E-state index contributed by atoms with van der Waals surface area (Å²) in [5.41, 5.74) is 0. The summed E-state index contributed by atoms with van der Waals surface area (Å²) >= 11 is 1.85. The SMILES string of the molecule is CN=C(NCCSc1ccccc1)NCC1CN2CCCC2CO1.I. The van der Waals surface area contributed by atoms with Gasteiger partial charge in [-0.3, -0.25) is 9.89 Å². The van der Waals surface area contributed by atoms with Gasteiger partial charge < -0.3 is 15.4 Å². The molecule has 1 aromatic carbocycles. The van der Waals surface area contributed by atoms with Gasteiger partial charge in [0.2, 0.25) is 0 Å². The summed E-state index contributed by atoms with van der Waals surface area (Å²) in [6.07, 6.45) is 2.87. The summed E-state index contributed by atoms with van der Waals surface area (Å²) in [6.45, 7) is 4.85. The Balaban J connectivity index is 0.00000225. The molecule has 2 atom stereocenters. The summed E-state index contributed by atoms with van der Waals surface area (Å²) in [5.74, 6) is 1.87. The highest BCUT2D eigenvalue weighted by molar-refractivity contribution is 14.0. The van der Waals surface area contributed by atoms with Crippen LogP contribution < -0.4 is 10.6 Å². The Morgan fingerprint density at radius 3 is 2.96 bits per heavy atom. The van der Waals surface area contributed by atoms with E-state index in [-0.39, 0.29) is 30.1 Å². The second-order valence-electron chi connectivity index (χ2n) is 6.29. The Hall–Kier alpha value is -0.510. The summed E-state index contributed by atoms with van der Waals surface area (Å²) in [6, 6.07) is 11.1. The smallest absolute Gasteiger partial charge is 0.191 e.